The lowest BCUT2D eigenvalue weighted by molar-refractivity contribution is -0.918. The van der Waals surface area contributed by atoms with Gasteiger partial charge in [-0.2, -0.15) is 5.10 Å². The fraction of sp³-hybridized carbons (Fsp3) is 0.286. The van der Waals surface area contributed by atoms with Crippen LogP contribution in [0.3, 0.4) is 0 Å². The van der Waals surface area contributed by atoms with E-state index in [1.54, 1.807) is 11.1 Å². The maximum absolute atomic E-state index is 6.26. The van der Waals surface area contributed by atoms with E-state index in [1.807, 2.05) is 36.4 Å². The van der Waals surface area contributed by atoms with E-state index in [2.05, 4.69) is 41.3 Å². The summed E-state index contributed by atoms with van der Waals surface area (Å²) < 4.78 is 0. The highest BCUT2D eigenvalue weighted by Crippen LogP contribution is 2.08. The zero-order valence-corrected chi connectivity index (χ0v) is 15.4. The van der Waals surface area contributed by atoms with Crippen LogP contribution in [0.15, 0.2) is 64.7 Å². The van der Waals surface area contributed by atoms with Crippen LogP contribution in [-0.4, -0.2) is 37.4 Å². The summed E-state index contributed by atoms with van der Waals surface area (Å²) in [4.78, 5) is 1.61. The van der Waals surface area contributed by atoms with E-state index in [4.69, 9.17) is 11.6 Å². The summed E-state index contributed by atoms with van der Waals surface area (Å²) in [5, 5.41) is 7.29. The highest BCUT2D eigenvalue weighted by Gasteiger charge is 2.18. The number of rotatable bonds is 5. The molecule has 1 N–H and O–H groups in total. The van der Waals surface area contributed by atoms with Gasteiger partial charge in [0.2, 0.25) is 0 Å². The second-order valence-corrected chi connectivity index (χ2v) is 6.99. The minimum Gasteiger partial charge on any atom is -0.328 e. The molecule has 25 heavy (non-hydrogen) atoms. The molecule has 0 unspecified atom stereocenters. The Hall–Kier alpha value is -2.10. The summed E-state index contributed by atoms with van der Waals surface area (Å²) >= 11 is 6.26. The number of hydrogen-bond donors (Lipinski definition) is 1. The van der Waals surface area contributed by atoms with E-state index >= 15 is 0 Å². The number of piperazine rings is 1. The average molecular weight is 355 g/mol. The first-order chi connectivity index (χ1) is 12.2. The monoisotopic (exact) mass is 354 g/mol. The lowest BCUT2D eigenvalue weighted by Gasteiger charge is -2.30. The molecule has 0 aromatic heterocycles. The van der Waals surface area contributed by atoms with Crippen molar-refractivity contribution in [1.82, 2.24) is 5.01 Å². The van der Waals surface area contributed by atoms with E-state index in [-0.39, 0.29) is 0 Å². The molecule has 1 fully saturated rings. The number of benzene rings is 2. The molecule has 4 heteroatoms. The summed E-state index contributed by atoms with van der Waals surface area (Å²) in [6.45, 7) is 7.36. The summed E-state index contributed by atoms with van der Waals surface area (Å²) in [7, 11) is 0. The highest BCUT2D eigenvalue weighted by atomic mass is 35.5. The quantitative estimate of drug-likeness (QED) is 0.818. The number of nitrogens with zero attached hydrogens (tertiary/aromatic N) is 2. The molecule has 2 aromatic carbocycles. The predicted octanol–water partition coefficient (Wildman–Crippen LogP) is 2.96. The molecule has 3 rings (SSSR count). The first-order valence-corrected chi connectivity index (χ1v) is 9.17. The van der Waals surface area contributed by atoms with Gasteiger partial charge < -0.3 is 4.90 Å². The molecular formula is C21H25ClN3+. The van der Waals surface area contributed by atoms with Crippen molar-refractivity contribution in [3.8, 4) is 0 Å². The van der Waals surface area contributed by atoms with Crippen molar-refractivity contribution in [2.75, 3.05) is 26.2 Å². The Kier molecular flexibility index (Phi) is 6.26. The molecule has 0 aliphatic carbocycles. The molecule has 1 heterocycles. The van der Waals surface area contributed by atoms with Gasteiger partial charge in [0.1, 0.15) is 6.54 Å². The van der Waals surface area contributed by atoms with Gasteiger partial charge in [0.25, 0.3) is 0 Å². The van der Waals surface area contributed by atoms with Gasteiger partial charge in [-0.3, -0.25) is 5.01 Å². The largest absolute Gasteiger partial charge is 0.328 e. The van der Waals surface area contributed by atoms with Gasteiger partial charge in [0, 0.05) is 5.56 Å². The Bertz CT molecular complexity index is 715. The van der Waals surface area contributed by atoms with Crippen LogP contribution in [0.5, 0.6) is 0 Å². The van der Waals surface area contributed by atoms with E-state index in [1.165, 1.54) is 11.1 Å². The normalized spacial score (nSPS) is 16.6. The summed E-state index contributed by atoms with van der Waals surface area (Å²) in [6.07, 6.45) is 3.68. The molecule has 0 saturated carbocycles. The number of nitrogens with one attached hydrogen (secondary N) is 1. The number of hydrazone groups is 1. The van der Waals surface area contributed by atoms with Crippen molar-refractivity contribution in [3.63, 3.8) is 0 Å². The van der Waals surface area contributed by atoms with Crippen LogP contribution in [0.25, 0.3) is 6.08 Å². The van der Waals surface area contributed by atoms with E-state index in [0.29, 0.717) is 5.03 Å². The van der Waals surface area contributed by atoms with Crippen LogP contribution < -0.4 is 4.90 Å². The molecule has 130 valence electrons. The van der Waals surface area contributed by atoms with Gasteiger partial charge in [-0.1, -0.05) is 71.8 Å². The van der Waals surface area contributed by atoms with Gasteiger partial charge in [-0.25, -0.2) is 0 Å². The molecule has 0 radical (unpaired) electrons. The van der Waals surface area contributed by atoms with Crippen LogP contribution in [0.4, 0.5) is 0 Å². The SMILES string of the molecule is Cc1ccc(C[NH+]2CCN(N=CC(Cl)=Cc3ccccc3)CC2)cc1. The molecule has 0 atom stereocenters. The lowest BCUT2D eigenvalue weighted by Crippen LogP contribution is -3.13. The maximum atomic E-state index is 6.26. The Labute approximate surface area is 155 Å². The maximum Gasteiger partial charge on any atom is 0.103 e. The predicted molar refractivity (Wildman–Crippen MR) is 106 cm³/mol. The van der Waals surface area contributed by atoms with Gasteiger partial charge in [-0.15, -0.1) is 0 Å². The van der Waals surface area contributed by atoms with Crippen molar-refractivity contribution < 1.29 is 4.90 Å². The van der Waals surface area contributed by atoms with Gasteiger partial charge in [0.15, 0.2) is 0 Å². The molecule has 0 amide bonds. The van der Waals surface area contributed by atoms with Crippen molar-refractivity contribution in [1.29, 1.82) is 0 Å². The third-order valence-corrected chi connectivity index (χ3v) is 4.68. The number of allylic oxidation sites excluding steroid dienone is 1. The van der Waals surface area contributed by atoms with Crippen molar-refractivity contribution in [2.45, 2.75) is 13.5 Å². The zero-order chi connectivity index (χ0) is 17.5. The molecular weight excluding hydrogens is 330 g/mol. The molecule has 1 saturated heterocycles. The number of halogens is 1. The van der Waals surface area contributed by atoms with Crippen LogP contribution in [0.2, 0.25) is 0 Å². The standard InChI is InChI=1S/C21H24ClN3/c1-18-7-9-20(10-8-18)17-24-11-13-25(14-12-24)23-16-21(22)15-19-5-3-2-4-6-19/h2-10,15-16H,11-14,17H2,1H3/p+1. The van der Waals surface area contributed by atoms with Crippen LogP contribution in [0.1, 0.15) is 16.7 Å². The summed E-state index contributed by atoms with van der Waals surface area (Å²) in [5.41, 5.74) is 3.82. The average Bonchev–Trinajstić information content (AvgIpc) is 2.64. The summed E-state index contributed by atoms with van der Waals surface area (Å²) in [5.74, 6) is 0. The molecule has 2 aromatic rings. The van der Waals surface area contributed by atoms with E-state index in [9.17, 15) is 0 Å². The minimum absolute atomic E-state index is 0.653. The van der Waals surface area contributed by atoms with Crippen molar-refractivity contribution in [2.24, 2.45) is 5.10 Å². The van der Waals surface area contributed by atoms with Crippen LogP contribution >= 0.6 is 11.6 Å². The second-order valence-electron chi connectivity index (χ2n) is 6.55. The fourth-order valence-corrected chi connectivity index (χ4v) is 3.15. The molecule has 1 aliphatic heterocycles. The Morgan fingerprint density at radius 2 is 1.76 bits per heavy atom. The smallest absolute Gasteiger partial charge is 0.103 e. The lowest BCUT2D eigenvalue weighted by atomic mass is 10.1. The third kappa shape index (κ3) is 5.73. The van der Waals surface area contributed by atoms with E-state index in [0.717, 1.165) is 38.3 Å². The second kappa shape index (κ2) is 8.84. The number of aryl methyl sites for hydroxylation is 1. The Morgan fingerprint density at radius 3 is 2.44 bits per heavy atom. The van der Waals surface area contributed by atoms with Gasteiger partial charge in [0.05, 0.1) is 37.4 Å². The summed E-state index contributed by atoms with van der Waals surface area (Å²) in [6, 6.07) is 18.9. The van der Waals surface area contributed by atoms with Crippen molar-refractivity contribution in [3.05, 3.63) is 76.3 Å². The first-order valence-electron chi connectivity index (χ1n) is 8.79. The number of hydrogen-bond acceptors (Lipinski definition) is 2. The van der Waals surface area contributed by atoms with E-state index < -0.39 is 0 Å². The topological polar surface area (TPSA) is 20.0 Å². The van der Waals surface area contributed by atoms with Crippen LogP contribution in [-0.2, 0) is 6.54 Å². The molecule has 0 bridgehead atoms. The van der Waals surface area contributed by atoms with Crippen LogP contribution in [0, 0.1) is 6.92 Å². The Balaban J connectivity index is 1.47. The fourth-order valence-electron chi connectivity index (χ4n) is 2.98. The highest BCUT2D eigenvalue weighted by molar-refractivity contribution is 6.41. The molecule has 3 nitrogen and oxygen atoms in total. The first kappa shape index (κ1) is 17.7. The molecule has 0 spiro atoms. The Morgan fingerprint density at radius 1 is 1.08 bits per heavy atom. The molecule has 1 aliphatic rings. The minimum atomic E-state index is 0.653. The van der Waals surface area contributed by atoms with Gasteiger partial charge in [-0.05, 0) is 18.6 Å². The van der Waals surface area contributed by atoms with Crippen molar-refractivity contribution >= 4 is 23.9 Å². The zero-order valence-electron chi connectivity index (χ0n) is 14.7. The number of quaternary nitrogens is 1. The third-order valence-electron chi connectivity index (χ3n) is 4.47. The van der Waals surface area contributed by atoms with Gasteiger partial charge >= 0.3 is 0 Å².